The molecule has 11 heteroatoms. The highest BCUT2D eigenvalue weighted by Crippen LogP contribution is 2.47. The summed E-state index contributed by atoms with van der Waals surface area (Å²) in [5, 5.41) is 11.5. The monoisotopic (exact) mass is 640 g/mol. The smallest absolute Gasteiger partial charge is 0.257 e. The molecule has 0 N–H and O–H groups in total. The number of aromatic nitrogens is 4. The number of ether oxygens (including phenoxy) is 2. The van der Waals surface area contributed by atoms with Crippen molar-refractivity contribution in [1.82, 2.24) is 30.0 Å². The maximum atomic E-state index is 14.2. The summed E-state index contributed by atoms with van der Waals surface area (Å²) in [5.74, 6) is 1.04. The van der Waals surface area contributed by atoms with Gasteiger partial charge >= 0.3 is 0 Å². The molecule has 0 radical (unpaired) electrons. The minimum absolute atomic E-state index is 0.120. The van der Waals surface area contributed by atoms with Gasteiger partial charge in [0.1, 0.15) is 17.7 Å². The molecule has 46 heavy (non-hydrogen) atoms. The molecule has 1 amide bonds. The number of nitrogens with zero attached hydrogens (tertiary/aromatic N) is 6. The average molecular weight is 641 g/mol. The summed E-state index contributed by atoms with van der Waals surface area (Å²) in [6, 6.07) is 20.3. The van der Waals surface area contributed by atoms with Gasteiger partial charge in [0.2, 0.25) is 0 Å². The Balaban J connectivity index is 1.13. The molecular formula is C35H40N6O4S. The van der Waals surface area contributed by atoms with E-state index in [1.54, 1.807) is 19.2 Å². The van der Waals surface area contributed by atoms with Crippen LogP contribution in [0, 0.1) is 13.8 Å². The van der Waals surface area contributed by atoms with E-state index in [2.05, 4.69) is 76.7 Å². The van der Waals surface area contributed by atoms with Gasteiger partial charge in [-0.1, -0.05) is 42.5 Å². The van der Waals surface area contributed by atoms with Crippen molar-refractivity contribution in [2.24, 2.45) is 0 Å². The Morgan fingerprint density at radius 2 is 1.85 bits per heavy atom. The van der Waals surface area contributed by atoms with Crippen molar-refractivity contribution in [3.63, 3.8) is 0 Å². The number of methoxy groups -OCH3 is 1. The minimum Gasteiger partial charge on any atom is -0.496 e. The van der Waals surface area contributed by atoms with Crippen LogP contribution in [0.1, 0.15) is 57.4 Å². The number of carbonyl (C=O) groups is 1. The molecule has 4 aromatic rings. The second-order valence-electron chi connectivity index (χ2n) is 12.7. The molecule has 10 nitrogen and oxygen atoms in total. The first-order valence-electron chi connectivity index (χ1n) is 15.9. The fraction of sp³-hybridized carbons (Fsp3) is 0.429. The third-order valence-electron chi connectivity index (χ3n) is 10.3. The van der Waals surface area contributed by atoms with Gasteiger partial charge in [-0.2, -0.15) is 0 Å². The normalized spacial score (nSPS) is 22.6. The van der Waals surface area contributed by atoms with Crippen molar-refractivity contribution in [3.8, 4) is 11.4 Å². The molecule has 1 spiro atoms. The Hall–Kier alpha value is -3.93. The lowest BCUT2D eigenvalue weighted by atomic mass is 9.84. The Morgan fingerprint density at radius 1 is 1.02 bits per heavy atom. The summed E-state index contributed by atoms with van der Waals surface area (Å²) in [6.45, 7) is 8.13. The molecule has 0 aliphatic carbocycles. The Morgan fingerprint density at radius 3 is 2.61 bits per heavy atom. The number of benzene rings is 3. The highest BCUT2D eigenvalue weighted by molar-refractivity contribution is 7.85. The first-order valence-corrected chi connectivity index (χ1v) is 17.3. The van der Waals surface area contributed by atoms with Crippen molar-refractivity contribution in [1.29, 1.82) is 0 Å². The second kappa shape index (κ2) is 12.4. The number of aryl methyl sites for hydroxylation is 2. The third-order valence-corrected chi connectivity index (χ3v) is 12.3. The van der Waals surface area contributed by atoms with Crippen LogP contribution in [0.5, 0.6) is 5.75 Å². The predicted octanol–water partition coefficient (Wildman–Crippen LogP) is 4.30. The van der Waals surface area contributed by atoms with Gasteiger partial charge in [0.15, 0.2) is 0 Å². The van der Waals surface area contributed by atoms with Crippen LogP contribution in [0.15, 0.2) is 67.0 Å². The molecule has 4 heterocycles. The maximum absolute atomic E-state index is 14.2. The van der Waals surface area contributed by atoms with Gasteiger partial charge in [0.05, 0.1) is 36.3 Å². The van der Waals surface area contributed by atoms with Crippen molar-refractivity contribution < 1.29 is 18.5 Å². The Bertz CT molecular complexity index is 1770. The number of hydrogen-bond donors (Lipinski definition) is 0. The van der Waals surface area contributed by atoms with Crippen LogP contribution in [0.4, 0.5) is 0 Å². The highest BCUT2D eigenvalue weighted by atomic mass is 32.2. The number of amides is 1. The van der Waals surface area contributed by atoms with Crippen LogP contribution in [0.2, 0.25) is 0 Å². The summed E-state index contributed by atoms with van der Waals surface area (Å²) < 4.78 is 27.0. The van der Waals surface area contributed by atoms with Crippen LogP contribution in [-0.4, -0.2) is 86.6 Å². The summed E-state index contributed by atoms with van der Waals surface area (Å²) in [5.41, 5.74) is 6.48. The lowest BCUT2D eigenvalue weighted by Crippen LogP contribution is -2.53. The highest BCUT2D eigenvalue weighted by Gasteiger charge is 2.47. The molecule has 0 saturated carbocycles. The number of piperidine rings is 1. The minimum atomic E-state index is -0.891. The fourth-order valence-corrected chi connectivity index (χ4v) is 9.27. The van der Waals surface area contributed by atoms with Crippen molar-refractivity contribution in [3.05, 3.63) is 100 Å². The van der Waals surface area contributed by atoms with Crippen molar-refractivity contribution in [2.75, 3.05) is 46.4 Å². The third kappa shape index (κ3) is 5.44. The molecule has 2 saturated heterocycles. The topological polar surface area (TPSA) is 103 Å². The molecule has 3 aliphatic rings. The standard InChI is InChI=1S/C35H40N6O4S/c1-25-8-9-28(20-26(25)2)34(12-15-39-16-13-35(14-17-39)31-7-5-4-6-27(31)22-46(35)43)23-40(18-19-45-34)33(42)30-21-29(10-11-32(30)44-3)41-24-36-37-38-41/h4-11,20-21,24H,12-19,22-23H2,1-3H3/t34-,46?/m1/s1. The van der Waals surface area contributed by atoms with Gasteiger partial charge in [-0.3, -0.25) is 9.00 Å². The number of hydrogen-bond acceptors (Lipinski definition) is 8. The summed E-state index contributed by atoms with van der Waals surface area (Å²) in [7, 11) is 0.682. The Kier molecular flexibility index (Phi) is 8.25. The molecule has 1 aromatic heterocycles. The van der Waals surface area contributed by atoms with Crippen LogP contribution in [0.25, 0.3) is 5.69 Å². The van der Waals surface area contributed by atoms with Crippen LogP contribution < -0.4 is 4.74 Å². The van der Waals surface area contributed by atoms with E-state index in [0.717, 1.165) is 44.5 Å². The molecule has 1 unspecified atom stereocenters. The number of tetrazole rings is 1. The van der Waals surface area contributed by atoms with E-state index in [1.165, 1.54) is 33.3 Å². The van der Waals surface area contributed by atoms with E-state index in [-0.39, 0.29) is 10.7 Å². The Labute approximate surface area is 272 Å². The van der Waals surface area contributed by atoms with Gasteiger partial charge in [-0.15, -0.1) is 5.10 Å². The van der Waals surface area contributed by atoms with Crippen LogP contribution >= 0.6 is 0 Å². The van der Waals surface area contributed by atoms with Gasteiger partial charge in [0.25, 0.3) is 5.91 Å². The number of rotatable bonds is 7. The molecule has 7 rings (SSSR count). The van der Waals surface area contributed by atoms with E-state index in [1.807, 2.05) is 11.0 Å². The SMILES string of the molecule is COc1ccc(-n2cnnn2)cc1C(=O)N1CCO[C@@](CCN2CCC3(CC2)c2ccccc2CS3=O)(c2ccc(C)c(C)c2)C1. The summed E-state index contributed by atoms with van der Waals surface area (Å²) >= 11 is 0. The molecule has 2 fully saturated rings. The molecule has 2 atom stereocenters. The lowest BCUT2D eigenvalue weighted by molar-refractivity contribution is -0.113. The zero-order chi connectivity index (χ0) is 31.9. The van der Waals surface area contributed by atoms with Crippen molar-refractivity contribution >= 4 is 16.7 Å². The van der Waals surface area contributed by atoms with Crippen LogP contribution in [0.3, 0.4) is 0 Å². The molecular weight excluding hydrogens is 600 g/mol. The second-order valence-corrected chi connectivity index (χ2v) is 14.5. The molecule has 240 valence electrons. The zero-order valence-electron chi connectivity index (χ0n) is 26.6. The van der Waals surface area contributed by atoms with Gasteiger partial charge < -0.3 is 19.3 Å². The van der Waals surface area contributed by atoms with Gasteiger partial charge in [0, 0.05) is 29.6 Å². The number of carbonyl (C=O) groups excluding carboxylic acids is 1. The van der Waals surface area contributed by atoms with Crippen LogP contribution in [-0.2, 0) is 31.6 Å². The number of morpholine rings is 1. The molecule has 3 aromatic carbocycles. The van der Waals surface area contributed by atoms with Gasteiger partial charge in [-0.05, 0) is 103 Å². The van der Waals surface area contributed by atoms with E-state index in [9.17, 15) is 9.00 Å². The zero-order valence-corrected chi connectivity index (χ0v) is 27.5. The van der Waals surface area contributed by atoms with E-state index in [4.69, 9.17) is 9.47 Å². The number of likely N-dealkylation sites (tertiary alicyclic amines) is 1. The van der Waals surface area contributed by atoms with E-state index >= 15 is 0 Å². The van der Waals surface area contributed by atoms with E-state index < -0.39 is 16.4 Å². The van der Waals surface area contributed by atoms with Crippen molar-refractivity contribution in [2.45, 2.75) is 49.2 Å². The fourth-order valence-electron chi connectivity index (χ4n) is 7.37. The molecule has 3 aliphatic heterocycles. The first-order chi connectivity index (χ1) is 22.3. The predicted molar refractivity (Wildman–Crippen MR) is 175 cm³/mol. The average Bonchev–Trinajstić information content (AvgIpc) is 3.72. The summed E-state index contributed by atoms with van der Waals surface area (Å²) in [4.78, 5) is 18.6. The van der Waals surface area contributed by atoms with Gasteiger partial charge in [-0.25, -0.2) is 4.68 Å². The largest absolute Gasteiger partial charge is 0.496 e. The first kappa shape index (κ1) is 30.7. The number of fused-ring (bicyclic) bond motifs is 2. The lowest BCUT2D eigenvalue weighted by Gasteiger charge is -2.45. The summed E-state index contributed by atoms with van der Waals surface area (Å²) in [6.07, 6.45) is 4.00. The quantitative estimate of drug-likeness (QED) is 0.295. The molecule has 0 bridgehead atoms. The maximum Gasteiger partial charge on any atom is 0.257 e. The van der Waals surface area contributed by atoms with E-state index in [0.29, 0.717) is 42.4 Å².